The molecule has 0 fully saturated rings. The van der Waals surface area contributed by atoms with Crippen LogP contribution in [0, 0.1) is 0 Å². The van der Waals surface area contributed by atoms with Crippen molar-refractivity contribution < 1.29 is 0 Å². The minimum absolute atomic E-state index is 0.0180. The third-order valence-electron chi connectivity index (χ3n) is 11.5. The lowest BCUT2D eigenvalue weighted by Gasteiger charge is -2.28. The Balaban J connectivity index is 1.18. The molecule has 0 unspecified atom stereocenters. The molecule has 0 bridgehead atoms. The second-order valence-corrected chi connectivity index (χ2v) is 16.1. The maximum Gasteiger partial charge on any atom is 0.0476 e. The van der Waals surface area contributed by atoms with Crippen LogP contribution in [0.2, 0.25) is 0 Å². The fourth-order valence-electron chi connectivity index (χ4n) is 8.92. The number of thiophene rings is 1. The Bertz CT molecular complexity index is 2660. The van der Waals surface area contributed by atoms with Gasteiger partial charge in [-0.05, 0) is 98.1 Å². The van der Waals surface area contributed by atoms with Crippen LogP contribution < -0.4 is 4.90 Å². The van der Waals surface area contributed by atoms with Gasteiger partial charge in [0.2, 0.25) is 0 Å². The van der Waals surface area contributed by atoms with Gasteiger partial charge in [-0.1, -0.05) is 137 Å². The average molecular weight is 660 g/mol. The average Bonchev–Trinajstić information content (AvgIpc) is 3.71. The monoisotopic (exact) mass is 659 g/mol. The van der Waals surface area contributed by atoms with Crippen molar-refractivity contribution in [2.75, 3.05) is 4.90 Å². The van der Waals surface area contributed by atoms with E-state index in [1.165, 1.54) is 87.2 Å². The summed E-state index contributed by atoms with van der Waals surface area (Å²) in [4.78, 5) is 2.46. The minimum atomic E-state index is -0.0840. The zero-order valence-corrected chi connectivity index (χ0v) is 29.6. The molecule has 0 radical (unpaired) electrons. The summed E-state index contributed by atoms with van der Waals surface area (Å²) in [5.74, 6) is 0. The van der Waals surface area contributed by atoms with Gasteiger partial charge in [0.05, 0.1) is 0 Å². The predicted octanol–water partition coefficient (Wildman–Crippen LogP) is 13.8. The molecule has 0 spiro atoms. The van der Waals surface area contributed by atoms with E-state index in [1.807, 2.05) is 11.3 Å². The maximum absolute atomic E-state index is 2.46. The zero-order valence-electron chi connectivity index (χ0n) is 28.8. The second kappa shape index (κ2) is 10.5. The lowest BCUT2D eigenvalue weighted by Crippen LogP contribution is -2.16. The number of benzene rings is 7. The van der Waals surface area contributed by atoms with Gasteiger partial charge in [0.1, 0.15) is 0 Å². The summed E-state index contributed by atoms with van der Waals surface area (Å²) in [5, 5.41) is 2.73. The number of nitrogens with zero attached hydrogens (tertiary/aromatic N) is 1. The summed E-state index contributed by atoms with van der Waals surface area (Å²) in [6, 6.07) is 56.5. The zero-order chi connectivity index (χ0) is 33.8. The van der Waals surface area contributed by atoms with Crippen molar-refractivity contribution >= 4 is 48.6 Å². The molecule has 8 aromatic rings. The normalized spacial score (nSPS) is 14.7. The molecule has 2 heteroatoms. The number of hydrogen-bond acceptors (Lipinski definition) is 2. The Hall–Kier alpha value is -5.44. The molecule has 2 aliphatic rings. The lowest BCUT2D eigenvalue weighted by molar-refractivity contribution is 0.660. The molecular weight excluding hydrogens is 623 g/mol. The SMILES string of the molecule is CC1(C)c2ccccc2-c2ccc(N(c3cccc(-c4ccccc4)c3)c3ccc4c(c3)sc3ccc5c(c34)-c3ccccc3C5(C)C)cc21. The third-order valence-corrected chi connectivity index (χ3v) is 12.6. The summed E-state index contributed by atoms with van der Waals surface area (Å²) in [6.07, 6.45) is 0. The molecule has 1 nitrogen and oxygen atoms in total. The summed E-state index contributed by atoms with van der Waals surface area (Å²) < 4.78 is 2.66. The summed E-state index contributed by atoms with van der Waals surface area (Å²) in [7, 11) is 0. The molecule has 240 valence electrons. The standard InChI is InChI=1S/C48H37NS/c1-47(2)40-20-11-9-18-37(40)45-41(47)25-26-43-46(45)38-24-22-34(29-44(38)50-43)49(32-16-12-15-31(27-32)30-13-6-5-7-14-30)33-21-23-36-35-17-8-10-19-39(35)48(3,4)42(36)28-33/h5-29H,1-4H3. The van der Waals surface area contributed by atoms with Crippen LogP contribution in [-0.2, 0) is 10.8 Å². The summed E-state index contributed by atoms with van der Waals surface area (Å²) >= 11 is 1.91. The molecule has 50 heavy (non-hydrogen) atoms. The lowest BCUT2D eigenvalue weighted by atomic mass is 9.82. The van der Waals surface area contributed by atoms with Gasteiger partial charge in [0.25, 0.3) is 0 Å². The fraction of sp³-hybridized carbons (Fsp3) is 0.125. The minimum Gasteiger partial charge on any atom is -0.310 e. The number of hydrogen-bond donors (Lipinski definition) is 0. The van der Waals surface area contributed by atoms with Crippen molar-refractivity contribution in [1.29, 1.82) is 0 Å². The summed E-state index contributed by atoms with van der Waals surface area (Å²) in [5.41, 5.74) is 16.9. The van der Waals surface area contributed by atoms with E-state index in [0.29, 0.717) is 0 Å². The van der Waals surface area contributed by atoms with Gasteiger partial charge in [-0.3, -0.25) is 0 Å². The highest BCUT2D eigenvalue weighted by Crippen LogP contribution is 2.55. The molecule has 1 aromatic heterocycles. The van der Waals surface area contributed by atoms with Gasteiger partial charge >= 0.3 is 0 Å². The number of rotatable bonds is 4. The molecule has 0 amide bonds. The predicted molar refractivity (Wildman–Crippen MR) is 215 cm³/mol. The molecule has 10 rings (SSSR count). The molecule has 0 N–H and O–H groups in total. The first kappa shape index (κ1) is 29.5. The quantitative estimate of drug-likeness (QED) is 0.182. The Labute approximate surface area is 298 Å². The topological polar surface area (TPSA) is 3.24 Å². The van der Waals surface area contributed by atoms with Crippen LogP contribution in [0.1, 0.15) is 49.9 Å². The Kier molecular flexibility index (Phi) is 6.21. The van der Waals surface area contributed by atoms with Gasteiger partial charge in [-0.15, -0.1) is 11.3 Å². The van der Waals surface area contributed by atoms with Crippen molar-refractivity contribution in [1.82, 2.24) is 0 Å². The van der Waals surface area contributed by atoms with E-state index >= 15 is 0 Å². The molecule has 0 aliphatic heterocycles. The fourth-order valence-corrected chi connectivity index (χ4v) is 10.1. The van der Waals surface area contributed by atoms with Gasteiger partial charge < -0.3 is 4.90 Å². The van der Waals surface area contributed by atoms with Crippen LogP contribution in [-0.4, -0.2) is 0 Å². The van der Waals surface area contributed by atoms with Crippen LogP contribution in [0.3, 0.4) is 0 Å². The van der Waals surface area contributed by atoms with Crippen LogP contribution in [0.4, 0.5) is 17.1 Å². The van der Waals surface area contributed by atoms with Crippen LogP contribution in [0.5, 0.6) is 0 Å². The first-order chi connectivity index (χ1) is 24.3. The van der Waals surface area contributed by atoms with Crippen molar-refractivity contribution in [3.8, 4) is 33.4 Å². The Morgan fingerprint density at radius 1 is 0.420 bits per heavy atom. The first-order valence-electron chi connectivity index (χ1n) is 17.6. The highest BCUT2D eigenvalue weighted by Gasteiger charge is 2.37. The van der Waals surface area contributed by atoms with Gasteiger partial charge in [0.15, 0.2) is 0 Å². The van der Waals surface area contributed by atoms with Gasteiger partial charge in [-0.25, -0.2) is 0 Å². The molecule has 0 atom stereocenters. The Morgan fingerprint density at radius 3 is 1.86 bits per heavy atom. The van der Waals surface area contributed by atoms with Crippen LogP contribution >= 0.6 is 11.3 Å². The van der Waals surface area contributed by atoms with Gasteiger partial charge in [0, 0.05) is 48.1 Å². The third kappa shape index (κ3) is 4.12. The number of fused-ring (bicyclic) bond motifs is 10. The molecule has 2 aliphatic carbocycles. The molecule has 1 heterocycles. The molecule has 0 saturated carbocycles. The molecule has 0 saturated heterocycles. The number of anilines is 3. The highest BCUT2D eigenvalue weighted by atomic mass is 32.1. The highest BCUT2D eigenvalue weighted by molar-refractivity contribution is 7.26. The van der Waals surface area contributed by atoms with Crippen LogP contribution in [0.25, 0.3) is 53.6 Å². The first-order valence-corrected chi connectivity index (χ1v) is 18.4. The largest absolute Gasteiger partial charge is 0.310 e. The molecule has 7 aromatic carbocycles. The molecular formula is C48H37NS. The van der Waals surface area contributed by atoms with E-state index in [0.717, 1.165) is 5.69 Å². The van der Waals surface area contributed by atoms with Crippen molar-refractivity contribution in [3.63, 3.8) is 0 Å². The smallest absolute Gasteiger partial charge is 0.0476 e. The van der Waals surface area contributed by atoms with E-state index in [1.54, 1.807) is 0 Å². The van der Waals surface area contributed by atoms with E-state index in [-0.39, 0.29) is 10.8 Å². The van der Waals surface area contributed by atoms with E-state index in [2.05, 4.69) is 184 Å². The van der Waals surface area contributed by atoms with Crippen molar-refractivity contribution in [2.24, 2.45) is 0 Å². The Morgan fingerprint density at radius 2 is 1.04 bits per heavy atom. The van der Waals surface area contributed by atoms with Crippen molar-refractivity contribution in [3.05, 3.63) is 174 Å². The van der Waals surface area contributed by atoms with Crippen molar-refractivity contribution in [2.45, 2.75) is 38.5 Å². The second-order valence-electron chi connectivity index (χ2n) is 15.0. The van der Waals surface area contributed by atoms with E-state index in [9.17, 15) is 0 Å². The van der Waals surface area contributed by atoms with Crippen LogP contribution in [0.15, 0.2) is 152 Å². The van der Waals surface area contributed by atoms with E-state index in [4.69, 9.17) is 0 Å². The van der Waals surface area contributed by atoms with Gasteiger partial charge in [-0.2, -0.15) is 0 Å². The summed E-state index contributed by atoms with van der Waals surface area (Å²) in [6.45, 7) is 9.47. The van der Waals surface area contributed by atoms with E-state index < -0.39 is 0 Å². The maximum atomic E-state index is 2.46.